The summed E-state index contributed by atoms with van der Waals surface area (Å²) in [6.45, 7) is 0. The summed E-state index contributed by atoms with van der Waals surface area (Å²) >= 11 is 0. The monoisotopic (exact) mass is 246 g/mol. The van der Waals surface area contributed by atoms with Gasteiger partial charge >= 0.3 is 0 Å². The SMILES string of the molecule is C(=Cc1ccc(-c2ncc[nH]2)cc1)c1ccccc1. The molecule has 3 rings (SSSR count). The first kappa shape index (κ1) is 11.5. The van der Waals surface area contributed by atoms with Gasteiger partial charge in [-0.1, -0.05) is 66.7 Å². The molecule has 2 aromatic carbocycles. The Morgan fingerprint density at radius 3 is 2.11 bits per heavy atom. The van der Waals surface area contributed by atoms with E-state index in [0.717, 1.165) is 11.4 Å². The van der Waals surface area contributed by atoms with Crippen LogP contribution in [0, 0.1) is 0 Å². The van der Waals surface area contributed by atoms with Crippen molar-refractivity contribution in [3.05, 3.63) is 78.1 Å². The van der Waals surface area contributed by atoms with E-state index in [1.807, 2.05) is 24.4 Å². The third-order valence-electron chi connectivity index (χ3n) is 2.95. The van der Waals surface area contributed by atoms with E-state index in [2.05, 4.69) is 58.5 Å². The molecule has 0 saturated heterocycles. The van der Waals surface area contributed by atoms with Gasteiger partial charge in [0.25, 0.3) is 0 Å². The van der Waals surface area contributed by atoms with E-state index in [4.69, 9.17) is 0 Å². The van der Waals surface area contributed by atoms with E-state index in [0.29, 0.717) is 0 Å². The maximum Gasteiger partial charge on any atom is 0.137 e. The highest BCUT2D eigenvalue weighted by Crippen LogP contribution is 2.16. The minimum atomic E-state index is 0.901. The number of nitrogens with one attached hydrogen (secondary N) is 1. The predicted molar refractivity (Wildman–Crippen MR) is 79.4 cm³/mol. The number of hydrogen-bond acceptors (Lipinski definition) is 1. The Balaban J connectivity index is 1.78. The van der Waals surface area contributed by atoms with Crippen molar-refractivity contribution in [2.75, 3.05) is 0 Å². The quantitative estimate of drug-likeness (QED) is 0.688. The fourth-order valence-corrected chi connectivity index (χ4v) is 1.93. The number of H-pyrrole nitrogens is 1. The number of benzene rings is 2. The molecule has 0 aliphatic heterocycles. The highest BCUT2D eigenvalue weighted by Gasteiger charge is 1.98. The van der Waals surface area contributed by atoms with Crippen LogP contribution in [-0.4, -0.2) is 9.97 Å². The van der Waals surface area contributed by atoms with Crippen LogP contribution in [0.4, 0.5) is 0 Å². The molecule has 0 amide bonds. The van der Waals surface area contributed by atoms with Gasteiger partial charge in [-0.15, -0.1) is 0 Å². The van der Waals surface area contributed by atoms with Gasteiger partial charge in [0, 0.05) is 18.0 Å². The molecule has 92 valence electrons. The van der Waals surface area contributed by atoms with Crippen LogP contribution >= 0.6 is 0 Å². The van der Waals surface area contributed by atoms with Crippen LogP contribution in [0.25, 0.3) is 23.5 Å². The van der Waals surface area contributed by atoms with Crippen LogP contribution in [0.2, 0.25) is 0 Å². The number of aromatic amines is 1. The number of nitrogens with zero attached hydrogens (tertiary/aromatic N) is 1. The van der Waals surface area contributed by atoms with Crippen LogP contribution in [0.1, 0.15) is 11.1 Å². The molecule has 0 spiro atoms. The van der Waals surface area contributed by atoms with Crippen molar-refractivity contribution in [3.8, 4) is 11.4 Å². The highest BCUT2D eigenvalue weighted by molar-refractivity contribution is 5.70. The standard InChI is InChI=1S/C17H14N2/c1-2-4-14(5-3-1)6-7-15-8-10-16(11-9-15)17-18-12-13-19-17/h1-13H,(H,18,19). The van der Waals surface area contributed by atoms with E-state index in [1.165, 1.54) is 11.1 Å². The lowest BCUT2D eigenvalue weighted by molar-refractivity contribution is 1.31. The molecule has 0 saturated carbocycles. The summed E-state index contributed by atoms with van der Waals surface area (Å²) in [5.41, 5.74) is 3.48. The van der Waals surface area contributed by atoms with Crippen molar-refractivity contribution in [2.45, 2.75) is 0 Å². The fourth-order valence-electron chi connectivity index (χ4n) is 1.93. The molecule has 0 atom stereocenters. The van der Waals surface area contributed by atoms with Crippen molar-refractivity contribution in [1.82, 2.24) is 9.97 Å². The Kier molecular flexibility index (Phi) is 3.24. The smallest absolute Gasteiger partial charge is 0.137 e. The predicted octanol–water partition coefficient (Wildman–Crippen LogP) is 4.25. The molecule has 0 fully saturated rings. The number of rotatable bonds is 3. The maximum absolute atomic E-state index is 4.24. The topological polar surface area (TPSA) is 28.7 Å². The number of aromatic nitrogens is 2. The lowest BCUT2D eigenvalue weighted by Gasteiger charge is -1.98. The van der Waals surface area contributed by atoms with E-state index < -0.39 is 0 Å². The van der Waals surface area contributed by atoms with Crippen LogP contribution < -0.4 is 0 Å². The third kappa shape index (κ3) is 2.80. The van der Waals surface area contributed by atoms with Crippen molar-refractivity contribution < 1.29 is 0 Å². The maximum atomic E-state index is 4.24. The van der Waals surface area contributed by atoms with Gasteiger partial charge in [-0.2, -0.15) is 0 Å². The largest absolute Gasteiger partial charge is 0.345 e. The minimum absolute atomic E-state index is 0.901. The van der Waals surface area contributed by atoms with Crippen molar-refractivity contribution in [3.63, 3.8) is 0 Å². The summed E-state index contributed by atoms with van der Waals surface area (Å²) in [7, 11) is 0. The van der Waals surface area contributed by atoms with Gasteiger partial charge in [0.05, 0.1) is 0 Å². The molecule has 2 nitrogen and oxygen atoms in total. The number of hydrogen-bond donors (Lipinski definition) is 1. The Labute approximate surface area is 112 Å². The molecule has 1 N–H and O–H groups in total. The molecular weight excluding hydrogens is 232 g/mol. The summed E-state index contributed by atoms with van der Waals surface area (Å²) in [5.74, 6) is 0.901. The molecule has 0 aliphatic rings. The average molecular weight is 246 g/mol. The lowest BCUT2D eigenvalue weighted by atomic mass is 10.1. The molecule has 1 aromatic heterocycles. The first-order valence-corrected chi connectivity index (χ1v) is 6.25. The summed E-state index contributed by atoms with van der Waals surface area (Å²) in [4.78, 5) is 7.34. The summed E-state index contributed by atoms with van der Waals surface area (Å²) < 4.78 is 0. The zero-order valence-corrected chi connectivity index (χ0v) is 10.5. The summed E-state index contributed by atoms with van der Waals surface area (Å²) in [5, 5.41) is 0. The number of imidazole rings is 1. The van der Waals surface area contributed by atoms with Gasteiger partial charge in [-0.25, -0.2) is 4.98 Å². The molecule has 19 heavy (non-hydrogen) atoms. The molecule has 0 bridgehead atoms. The van der Waals surface area contributed by atoms with E-state index >= 15 is 0 Å². The zero-order chi connectivity index (χ0) is 12.9. The first-order chi connectivity index (χ1) is 9.42. The van der Waals surface area contributed by atoms with Gasteiger partial charge in [0.1, 0.15) is 5.82 Å². The zero-order valence-electron chi connectivity index (χ0n) is 10.5. The van der Waals surface area contributed by atoms with E-state index in [1.54, 1.807) is 6.20 Å². The van der Waals surface area contributed by atoms with Gasteiger partial charge in [0.15, 0.2) is 0 Å². The summed E-state index contributed by atoms with van der Waals surface area (Å²) in [6, 6.07) is 18.6. The molecule has 0 unspecified atom stereocenters. The van der Waals surface area contributed by atoms with Crippen LogP contribution in [0.5, 0.6) is 0 Å². The fraction of sp³-hybridized carbons (Fsp3) is 0. The van der Waals surface area contributed by atoms with Crippen LogP contribution in [-0.2, 0) is 0 Å². The average Bonchev–Trinajstić information content (AvgIpc) is 3.01. The normalized spacial score (nSPS) is 10.9. The molecule has 3 aromatic rings. The second kappa shape index (κ2) is 5.36. The molecule has 0 radical (unpaired) electrons. The van der Waals surface area contributed by atoms with Gasteiger partial charge < -0.3 is 4.98 Å². The molecule has 1 heterocycles. The molecule has 2 heteroatoms. The van der Waals surface area contributed by atoms with Crippen molar-refractivity contribution in [2.24, 2.45) is 0 Å². The second-order valence-electron chi connectivity index (χ2n) is 4.30. The Hall–Kier alpha value is -2.61. The van der Waals surface area contributed by atoms with Gasteiger partial charge in [0.2, 0.25) is 0 Å². The Morgan fingerprint density at radius 2 is 1.47 bits per heavy atom. The third-order valence-corrected chi connectivity index (χ3v) is 2.95. The van der Waals surface area contributed by atoms with Crippen molar-refractivity contribution >= 4 is 12.2 Å². The lowest BCUT2D eigenvalue weighted by Crippen LogP contribution is -1.80. The van der Waals surface area contributed by atoms with Crippen LogP contribution in [0.15, 0.2) is 67.0 Å². The Morgan fingerprint density at radius 1 is 0.789 bits per heavy atom. The first-order valence-electron chi connectivity index (χ1n) is 6.25. The van der Waals surface area contributed by atoms with Crippen molar-refractivity contribution in [1.29, 1.82) is 0 Å². The summed E-state index contributed by atoms with van der Waals surface area (Å²) in [6.07, 6.45) is 7.82. The molecule has 0 aliphatic carbocycles. The highest BCUT2D eigenvalue weighted by atomic mass is 14.9. The minimum Gasteiger partial charge on any atom is -0.345 e. The molecular formula is C17H14N2. The van der Waals surface area contributed by atoms with Gasteiger partial charge in [-0.05, 0) is 11.1 Å². The second-order valence-corrected chi connectivity index (χ2v) is 4.30. The van der Waals surface area contributed by atoms with E-state index in [-0.39, 0.29) is 0 Å². The van der Waals surface area contributed by atoms with Gasteiger partial charge in [-0.3, -0.25) is 0 Å². The van der Waals surface area contributed by atoms with Crippen LogP contribution in [0.3, 0.4) is 0 Å². The Bertz CT molecular complexity index is 650. The van der Waals surface area contributed by atoms with E-state index in [9.17, 15) is 0 Å².